The van der Waals surface area contributed by atoms with Gasteiger partial charge in [-0.25, -0.2) is 9.97 Å². The van der Waals surface area contributed by atoms with Crippen LogP contribution in [0.3, 0.4) is 0 Å². The van der Waals surface area contributed by atoms with Crippen molar-refractivity contribution in [3.63, 3.8) is 0 Å². The smallest absolute Gasteiger partial charge is 0.146 e. The van der Waals surface area contributed by atoms with E-state index in [4.69, 9.17) is 9.47 Å². The lowest BCUT2D eigenvalue weighted by Crippen LogP contribution is -2.30. The number of hydrogen-bond donors (Lipinski definition) is 0. The summed E-state index contributed by atoms with van der Waals surface area (Å²) in [4.78, 5) is 10.4. The molecule has 0 bridgehead atoms. The van der Waals surface area contributed by atoms with Crippen LogP contribution in [0.25, 0.3) is 0 Å². The Bertz CT molecular complexity index is 325. The van der Waals surface area contributed by atoms with Crippen LogP contribution in [0.15, 0.2) is 17.0 Å². The predicted octanol–water partition coefficient (Wildman–Crippen LogP) is 1.73. The van der Waals surface area contributed by atoms with Crippen molar-refractivity contribution >= 4 is 21.7 Å². The molecule has 1 heterocycles. The molecular weight excluding hydrogens is 286 g/mol. The first-order valence-corrected chi connectivity index (χ1v) is 6.27. The average Bonchev–Trinajstić information content (AvgIpc) is 2.35. The number of nitrogens with zero attached hydrogens (tertiary/aromatic N) is 3. The third kappa shape index (κ3) is 4.97. The van der Waals surface area contributed by atoms with E-state index in [9.17, 15) is 0 Å². The minimum Gasteiger partial charge on any atom is -0.385 e. The Kier molecular flexibility index (Phi) is 7.07. The molecule has 1 rings (SSSR count). The molecule has 96 valence electrons. The predicted molar refractivity (Wildman–Crippen MR) is 70.3 cm³/mol. The molecule has 5 nitrogen and oxygen atoms in total. The average molecular weight is 304 g/mol. The first kappa shape index (κ1) is 14.3. The second kappa shape index (κ2) is 8.38. The highest BCUT2D eigenvalue weighted by Gasteiger charge is 2.10. The van der Waals surface area contributed by atoms with Crippen LogP contribution in [0.5, 0.6) is 0 Å². The summed E-state index contributed by atoms with van der Waals surface area (Å²) >= 11 is 3.46. The van der Waals surface area contributed by atoms with Gasteiger partial charge in [0.15, 0.2) is 0 Å². The van der Waals surface area contributed by atoms with Crippen LogP contribution in [-0.4, -0.2) is 50.5 Å². The summed E-state index contributed by atoms with van der Waals surface area (Å²) in [7, 11) is 3.41. The van der Waals surface area contributed by atoms with E-state index in [-0.39, 0.29) is 0 Å². The van der Waals surface area contributed by atoms with Crippen molar-refractivity contribution in [1.29, 1.82) is 0 Å². The Balaban J connectivity index is 2.64. The Morgan fingerprint density at radius 2 is 2.00 bits per heavy atom. The number of ether oxygens (including phenoxy) is 2. The number of anilines is 1. The minimum atomic E-state index is 0.670. The van der Waals surface area contributed by atoms with Crippen LogP contribution >= 0.6 is 15.9 Å². The summed E-state index contributed by atoms with van der Waals surface area (Å²) in [5.74, 6) is 0.896. The van der Waals surface area contributed by atoms with Gasteiger partial charge in [0, 0.05) is 40.1 Å². The Labute approximate surface area is 110 Å². The van der Waals surface area contributed by atoms with E-state index in [1.807, 2.05) is 0 Å². The van der Waals surface area contributed by atoms with Gasteiger partial charge in [-0.05, 0) is 22.4 Å². The molecular formula is C11H18BrN3O2. The molecule has 0 saturated carbocycles. The highest BCUT2D eigenvalue weighted by Crippen LogP contribution is 2.21. The fourth-order valence-electron chi connectivity index (χ4n) is 1.46. The molecule has 0 aliphatic carbocycles. The number of rotatable bonds is 8. The van der Waals surface area contributed by atoms with Gasteiger partial charge in [-0.15, -0.1) is 0 Å². The van der Waals surface area contributed by atoms with Crippen LogP contribution in [0, 0.1) is 0 Å². The maximum Gasteiger partial charge on any atom is 0.146 e. The van der Waals surface area contributed by atoms with Gasteiger partial charge < -0.3 is 14.4 Å². The van der Waals surface area contributed by atoms with E-state index >= 15 is 0 Å². The summed E-state index contributed by atoms with van der Waals surface area (Å²) in [5, 5.41) is 0. The molecule has 17 heavy (non-hydrogen) atoms. The molecule has 0 spiro atoms. The summed E-state index contributed by atoms with van der Waals surface area (Å²) < 4.78 is 11.1. The van der Waals surface area contributed by atoms with Crippen molar-refractivity contribution in [2.45, 2.75) is 6.42 Å². The van der Waals surface area contributed by atoms with Gasteiger partial charge in [-0.2, -0.15) is 0 Å². The maximum absolute atomic E-state index is 5.11. The standard InChI is InChI=1S/C11H18BrN3O2/c1-16-6-3-4-15(5-7-17-2)11-10(12)8-13-9-14-11/h8-9H,3-7H2,1-2H3. The summed E-state index contributed by atoms with van der Waals surface area (Å²) in [6.45, 7) is 3.10. The van der Waals surface area contributed by atoms with E-state index in [2.05, 4.69) is 30.8 Å². The molecule has 0 fully saturated rings. The van der Waals surface area contributed by atoms with Gasteiger partial charge in [0.25, 0.3) is 0 Å². The molecule has 1 aromatic rings. The molecule has 0 aromatic carbocycles. The lowest BCUT2D eigenvalue weighted by molar-refractivity contribution is 0.191. The van der Waals surface area contributed by atoms with Crippen molar-refractivity contribution in [2.24, 2.45) is 0 Å². The zero-order valence-electron chi connectivity index (χ0n) is 10.2. The Morgan fingerprint density at radius 1 is 1.24 bits per heavy atom. The SMILES string of the molecule is COCCCN(CCOC)c1ncncc1Br. The topological polar surface area (TPSA) is 47.5 Å². The van der Waals surface area contributed by atoms with Crippen LogP contribution < -0.4 is 4.90 Å². The van der Waals surface area contributed by atoms with Crippen molar-refractivity contribution in [3.8, 4) is 0 Å². The first-order chi connectivity index (χ1) is 8.29. The largest absolute Gasteiger partial charge is 0.385 e. The molecule has 0 amide bonds. The third-order valence-corrected chi connectivity index (χ3v) is 2.85. The molecule has 0 atom stereocenters. The second-order valence-corrected chi connectivity index (χ2v) is 4.37. The molecule has 0 aliphatic heterocycles. The quantitative estimate of drug-likeness (QED) is 0.685. The van der Waals surface area contributed by atoms with Crippen LogP contribution in [-0.2, 0) is 9.47 Å². The number of methoxy groups -OCH3 is 2. The van der Waals surface area contributed by atoms with Gasteiger partial charge in [-0.3, -0.25) is 0 Å². The molecule has 0 radical (unpaired) electrons. The van der Waals surface area contributed by atoms with Crippen molar-refractivity contribution in [2.75, 3.05) is 45.4 Å². The van der Waals surface area contributed by atoms with Gasteiger partial charge in [0.05, 0.1) is 11.1 Å². The lowest BCUT2D eigenvalue weighted by Gasteiger charge is -2.23. The fourth-order valence-corrected chi connectivity index (χ4v) is 1.94. The molecule has 0 unspecified atom stereocenters. The summed E-state index contributed by atoms with van der Waals surface area (Å²) in [6, 6.07) is 0. The molecule has 0 N–H and O–H groups in total. The van der Waals surface area contributed by atoms with Gasteiger partial charge in [0.1, 0.15) is 12.1 Å². The Hall–Kier alpha value is -0.720. The van der Waals surface area contributed by atoms with E-state index in [0.717, 1.165) is 36.4 Å². The van der Waals surface area contributed by atoms with Gasteiger partial charge in [-0.1, -0.05) is 0 Å². The van der Waals surface area contributed by atoms with Crippen LogP contribution in [0.2, 0.25) is 0 Å². The van der Waals surface area contributed by atoms with Crippen molar-refractivity contribution in [1.82, 2.24) is 9.97 Å². The number of aromatic nitrogens is 2. The minimum absolute atomic E-state index is 0.670. The number of hydrogen-bond acceptors (Lipinski definition) is 5. The fraction of sp³-hybridized carbons (Fsp3) is 0.636. The van der Waals surface area contributed by atoms with E-state index in [1.165, 1.54) is 0 Å². The molecule has 0 aliphatic rings. The van der Waals surface area contributed by atoms with E-state index in [1.54, 1.807) is 26.7 Å². The summed E-state index contributed by atoms with van der Waals surface area (Å²) in [5.41, 5.74) is 0. The van der Waals surface area contributed by atoms with Crippen molar-refractivity contribution in [3.05, 3.63) is 17.0 Å². The monoisotopic (exact) mass is 303 g/mol. The molecule has 6 heteroatoms. The zero-order chi connectivity index (χ0) is 12.5. The number of halogens is 1. The van der Waals surface area contributed by atoms with Crippen LogP contribution in [0.4, 0.5) is 5.82 Å². The Morgan fingerprint density at radius 3 is 2.65 bits per heavy atom. The van der Waals surface area contributed by atoms with E-state index in [0.29, 0.717) is 6.61 Å². The normalized spacial score (nSPS) is 10.5. The van der Waals surface area contributed by atoms with Gasteiger partial charge >= 0.3 is 0 Å². The first-order valence-electron chi connectivity index (χ1n) is 5.48. The second-order valence-electron chi connectivity index (χ2n) is 3.52. The highest BCUT2D eigenvalue weighted by molar-refractivity contribution is 9.10. The van der Waals surface area contributed by atoms with Crippen LogP contribution in [0.1, 0.15) is 6.42 Å². The van der Waals surface area contributed by atoms with Gasteiger partial charge in [0.2, 0.25) is 0 Å². The highest BCUT2D eigenvalue weighted by atomic mass is 79.9. The third-order valence-electron chi connectivity index (χ3n) is 2.29. The van der Waals surface area contributed by atoms with E-state index < -0.39 is 0 Å². The maximum atomic E-state index is 5.11. The molecule has 1 aromatic heterocycles. The van der Waals surface area contributed by atoms with Crippen molar-refractivity contribution < 1.29 is 9.47 Å². The molecule has 0 saturated heterocycles. The lowest BCUT2D eigenvalue weighted by atomic mass is 10.3. The summed E-state index contributed by atoms with van der Waals surface area (Å²) in [6.07, 6.45) is 4.26. The zero-order valence-corrected chi connectivity index (χ0v) is 11.8.